The van der Waals surface area contributed by atoms with E-state index >= 15 is 0 Å². The number of nitrogens with two attached hydrogens (primary N) is 1. The first-order chi connectivity index (χ1) is 8.20. The summed E-state index contributed by atoms with van der Waals surface area (Å²) in [4.78, 5) is 31.7. The molecule has 0 atom stereocenters. The number of amides is 2. The van der Waals surface area contributed by atoms with Gasteiger partial charge in [-0.3, -0.25) is 14.5 Å². The van der Waals surface area contributed by atoms with Gasteiger partial charge in [-0.1, -0.05) is 0 Å². The second-order valence-electron chi connectivity index (χ2n) is 3.09. The van der Waals surface area contributed by atoms with Crippen molar-refractivity contribution in [2.75, 3.05) is 13.1 Å². The van der Waals surface area contributed by atoms with E-state index in [-0.39, 0.29) is 11.8 Å². The minimum Gasteiger partial charge on any atom is -0.542 e. The number of imide groups is 1. The van der Waals surface area contributed by atoms with Gasteiger partial charge in [-0.15, -0.1) is 0 Å². The Balaban J connectivity index is 0.000000360. The molecule has 0 aromatic heterocycles. The molecule has 0 aromatic rings. The third-order valence-electron chi connectivity index (χ3n) is 1.72. The predicted molar refractivity (Wildman–Crippen MR) is 50.6 cm³/mol. The van der Waals surface area contributed by atoms with Crippen molar-refractivity contribution >= 4 is 17.8 Å². The highest BCUT2D eigenvalue weighted by Gasteiger charge is 2.28. The number of aliphatic carboxylic acids is 1. The van der Waals surface area contributed by atoms with Gasteiger partial charge in [0.1, 0.15) is 5.97 Å². The number of rotatable bonds is 3. The Morgan fingerprint density at radius 2 is 1.67 bits per heavy atom. The van der Waals surface area contributed by atoms with Crippen molar-refractivity contribution in [2.24, 2.45) is 5.73 Å². The molecule has 0 aliphatic carbocycles. The molecule has 0 unspecified atom stereocenters. The number of halogens is 3. The number of hydrogen-bond donors (Lipinski definition) is 1. The molecule has 1 aliphatic heterocycles. The summed E-state index contributed by atoms with van der Waals surface area (Å²) in [6.45, 7) is 0.929. The molecule has 0 spiro atoms. The summed E-state index contributed by atoms with van der Waals surface area (Å²) in [6.07, 6.45) is -1.98. The minimum absolute atomic E-state index is 0.233. The van der Waals surface area contributed by atoms with Crippen LogP contribution in [0.2, 0.25) is 0 Å². The Morgan fingerprint density at radius 1 is 1.28 bits per heavy atom. The van der Waals surface area contributed by atoms with Gasteiger partial charge in [0.15, 0.2) is 0 Å². The zero-order valence-electron chi connectivity index (χ0n) is 9.07. The maximum atomic E-state index is 10.9. The molecule has 1 rings (SSSR count). The van der Waals surface area contributed by atoms with E-state index in [4.69, 9.17) is 15.6 Å². The molecule has 0 radical (unpaired) electrons. The fourth-order valence-corrected chi connectivity index (χ4v) is 0.901. The highest BCUT2D eigenvalue weighted by atomic mass is 19.4. The maximum Gasteiger partial charge on any atom is 0.430 e. The van der Waals surface area contributed by atoms with Gasteiger partial charge in [-0.2, -0.15) is 13.2 Å². The molecule has 9 heteroatoms. The van der Waals surface area contributed by atoms with Crippen LogP contribution in [0.15, 0.2) is 12.2 Å². The second kappa shape index (κ2) is 6.74. The molecular weight excluding hydrogens is 257 g/mol. The monoisotopic (exact) mass is 267 g/mol. The van der Waals surface area contributed by atoms with E-state index in [9.17, 15) is 22.8 Å². The third kappa shape index (κ3) is 5.43. The molecule has 0 saturated carbocycles. The second-order valence-corrected chi connectivity index (χ2v) is 3.09. The zero-order valence-corrected chi connectivity index (χ0v) is 9.07. The molecule has 2 N–H and O–H groups in total. The number of carbonyl (C=O) groups excluding carboxylic acids is 3. The Bertz CT molecular complexity index is 347. The molecule has 102 valence electrons. The number of alkyl halides is 3. The van der Waals surface area contributed by atoms with Gasteiger partial charge in [-0.25, -0.2) is 0 Å². The number of nitrogens with zero attached hydrogens (tertiary/aromatic N) is 1. The SMILES string of the molecule is NCCCN1C(=O)C=CC1=O.O=C([O-])C(F)(F)F. The summed E-state index contributed by atoms with van der Waals surface area (Å²) < 4.78 is 31.5. The van der Waals surface area contributed by atoms with E-state index in [0.29, 0.717) is 19.5 Å². The van der Waals surface area contributed by atoms with Crippen LogP contribution in [0.1, 0.15) is 6.42 Å². The summed E-state index contributed by atoms with van der Waals surface area (Å²) in [6, 6.07) is 0. The van der Waals surface area contributed by atoms with Crippen molar-refractivity contribution in [1.29, 1.82) is 0 Å². The highest BCUT2D eigenvalue weighted by Crippen LogP contribution is 2.11. The van der Waals surface area contributed by atoms with Crippen LogP contribution in [0.3, 0.4) is 0 Å². The normalized spacial score (nSPS) is 14.6. The first-order valence-electron chi connectivity index (χ1n) is 4.72. The topological polar surface area (TPSA) is 104 Å². The van der Waals surface area contributed by atoms with E-state index in [0.717, 1.165) is 0 Å². The van der Waals surface area contributed by atoms with Crippen molar-refractivity contribution in [3.05, 3.63) is 12.2 Å². The molecule has 0 bridgehead atoms. The Kier molecular flexibility index (Phi) is 6.03. The summed E-state index contributed by atoms with van der Waals surface area (Å²) in [5.74, 6) is -3.47. The molecule has 1 heterocycles. The molecule has 18 heavy (non-hydrogen) atoms. The van der Waals surface area contributed by atoms with Crippen LogP contribution in [0.25, 0.3) is 0 Å². The summed E-state index contributed by atoms with van der Waals surface area (Å²) >= 11 is 0. The van der Waals surface area contributed by atoms with E-state index < -0.39 is 12.1 Å². The van der Waals surface area contributed by atoms with Gasteiger partial charge in [0.25, 0.3) is 11.8 Å². The third-order valence-corrected chi connectivity index (χ3v) is 1.72. The maximum absolute atomic E-state index is 10.9. The van der Waals surface area contributed by atoms with Crippen molar-refractivity contribution in [2.45, 2.75) is 12.6 Å². The quantitative estimate of drug-likeness (QED) is 0.631. The molecule has 0 fully saturated rings. The van der Waals surface area contributed by atoms with Crippen LogP contribution in [0.4, 0.5) is 13.2 Å². The number of carboxylic acids is 1. The Morgan fingerprint density at radius 3 is 1.94 bits per heavy atom. The van der Waals surface area contributed by atoms with Gasteiger partial charge in [0.05, 0.1) is 0 Å². The van der Waals surface area contributed by atoms with Gasteiger partial charge < -0.3 is 15.6 Å². The fourth-order valence-electron chi connectivity index (χ4n) is 0.901. The molecule has 0 aromatic carbocycles. The first kappa shape index (κ1) is 16.1. The predicted octanol–water partition coefficient (Wildman–Crippen LogP) is -1.44. The molecule has 0 saturated heterocycles. The number of carbonyl (C=O) groups is 3. The van der Waals surface area contributed by atoms with E-state index in [2.05, 4.69) is 0 Å². The average molecular weight is 267 g/mol. The average Bonchev–Trinajstić information content (AvgIpc) is 2.56. The summed E-state index contributed by atoms with van der Waals surface area (Å²) in [7, 11) is 0. The number of carboxylic acid groups (broad SMARTS) is 1. The van der Waals surface area contributed by atoms with Crippen LogP contribution < -0.4 is 10.8 Å². The van der Waals surface area contributed by atoms with Crippen molar-refractivity contribution < 1.29 is 32.7 Å². The fraction of sp³-hybridized carbons (Fsp3) is 0.444. The molecular formula is C9H10F3N2O4-. The van der Waals surface area contributed by atoms with Gasteiger partial charge >= 0.3 is 6.18 Å². The van der Waals surface area contributed by atoms with Crippen LogP contribution in [0, 0.1) is 0 Å². The van der Waals surface area contributed by atoms with Gasteiger partial charge in [-0.05, 0) is 13.0 Å². The lowest BCUT2D eigenvalue weighted by Crippen LogP contribution is -2.37. The first-order valence-corrected chi connectivity index (χ1v) is 4.72. The van der Waals surface area contributed by atoms with Crippen LogP contribution in [0.5, 0.6) is 0 Å². The lowest BCUT2D eigenvalue weighted by molar-refractivity contribution is -0.344. The summed E-state index contributed by atoms with van der Waals surface area (Å²) in [5, 5.41) is 8.78. The Labute approximate surface area is 99.8 Å². The number of hydrogen-bond acceptors (Lipinski definition) is 5. The molecule has 6 nitrogen and oxygen atoms in total. The van der Waals surface area contributed by atoms with Gasteiger partial charge in [0, 0.05) is 18.7 Å². The van der Waals surface area contributed by atoms with E-state index in [1.807, 2.05) is 0 Å². The van der Waals surface area contributed by atoms with Crippen molar-refractivity contribution in [1.82, 2.24) is 4.90 Å². The lowest BCUT2D eigenvalue weighted by Gasteiger charge is -2.11. The molecule has 1 aliphatic rings. The standard InChI is InChI=1S/C7H10N2O2.C2HF3O2/c8-4-1-5-9-6(10)2-3-7(9)11;3-2(4,5)1(6)7/h2-3H,1,4-5,8H2;(H,6,7)/p-1. The van der Waals surface area contributed by atoms with Crippen LogP contribution >= 0.6 is 0 Å². The van der Waals surface area contributed by atoms with Crippen LogP contribution in [-0.4, -0.2) is 41.9 Å². The largest absolute Gasteiger partial charge is 0.542 e. The van der Waals surface area contributed by atoms with Crippen LogP contribution in [-0.2, 0) is 14.4 Å². The van der Waals surface area contributed by atoms with Gasteiger partial charge in [0.2, 0.25) is 0 Å². The van der Waals surface area contributed by atoms with E-state index in [1.165, 1.54) is 17.1 Å². The summed E-state index contributed by atoms with van der Waals surface area (Å²) in [5.41, 5.74) is 5.23. The lowest BCUT2D eigenvalue weighted by atomic mass is 10.4. The Hall–Kier alpha value is -1.90. The van der Waals surface area contributed by atoms with E-state index in [1.54, 1.807) is 0 Å². The molecule has 2 amide bonds. The highest BCUT2D eigenvalue weighted by molar-refractivity contribution is 6.12. The zero-order chi connectivity index (χ0) is 14.3. The van der Waals surface area contributed by atoms with Crippen molar-refractivity contribution in [3.63, 3.8) is 0 Å². The smallest absolute Gasteiger partial charge is 0.430 e. The van der Waals surface area contributed by atoms with Crippen molar-refractivity contribution in [3.8, 4) is 0 Å². The minimum atomic E-state index is -5.19.